The monoisotopic (exact) mass is 502 g/mol. The molecule has 0 unspecified atom stereocenters. The fraction of sp³-hybridized carbons (Fsp3) is 0.185. The largest absolute Gasteiger partial charge is 0.494 e. The van der Waals surface area contributed by atoms with Crippen molar-refractivity contribution in [3.05, 3.63) is 88.7 Å². The maximum absolute atomic E-state index is 13.4. The smallest absolute Gasteiger partial charge is 0.266 e. The van der Waals surface area contributed by atoms with Gasteiger partial charge in [0, 0.05) is 5.56 Å². The van der Waals surface area contributed by atoms with Crippen LogP contribution >= 0.6 is 11.8 Å². The Morgan fingerprint density at radius 3 is 2.50 bits per heavy atom. The van der Waals surface area contributed by atoms with Crippen LogP contribution in [-0.4, -0.2) is 40.6 Å². The number of ether oxygens (including phenoxy) is 2. The number of rotatable bonds is 10. The number of carbonyl (C=O) groups is 1. The molecule has 36 heavy (non-hydrogen) atoms. The van der Waals surface area contributed by atoms with Crippen LogP contribution < -0.4 is 20.5 Å². The van der Waals surface area contributed by atoms with Crippen LogP contribution in [0.2, 0.25) is 0 Å². The van der Waals surface area contributed by atoms with Crippen LogP contribution in [0.4, 0.5) is 0 Å². The van der Waals surface area contributed by atoms with Gasteiger partial charge in [-0.15, -0.1) is 0 Å². The fourth-order valence-electron chi connectivity index (χ4n) is 3.51. The van der Waals surface area contributed by atoms with Gasteiger partial charge in [-0.3, -0.25) is 14.2 Å². The average Bonchev–Trinajstić information content (AvgIpc) is 2.90. The number of hydrogen-bond acceptors (Lipinski definition) is 7. The average molecular weight is 503 g/mol. The summed E-state index contributed by atoms with van der Waals surface area (Å²) < 4.78 is 12.6. The predicted octanol–water partition coefficient (Wildman–Crippen LogP) is 4.43. The second kappa shape index (κ2) is 12.0. The number of hydrogen-bond donors (Lipinski definition) is 1. The minimum Gasteiger partial charge on any atom is -0.494 e. The maximum Gasteiger partial charge on any atom is 0.266 e. The number of aromatic nitrogens is 2. The van der Waals surface area contributed by atoms with Crippen molar-refractivity contribution in [1.82, 2.24) is 15.0 Å². The third-order valence-electron chi connectivity index (χ3n) is 5.09. The Balaban J connectivity index is 1.54. The van der Waals surface area contributed by atoms with Gasteiger partial charge in [0.2, 0.25) is 0 Å². The number of amides is 1. The molecule has 3 aromatic carbocycles. The molecule has 0 aliphatic rings. The van der Waals surface area contributed by atoms with Crippen molar-refractivity contribution in [2.24, 2.45) is 5.10 Å². The summed E-state index contributed by atoms with van der Waals surface area (Å²) in [6.07, 6.45) is 1.54. The quantitative estimate of drug-likeness (QED) is 0.149. The lowest BCUT2D eigenvalue weighted by Crippen LogP contribution is -2.24. The Morgan fingerprint density at radius 2 is 1.72 bits per heavy atom. The van der Waals surface area contributed by atoms with Gasteiger partial charge in [-0.05, 0) is 62.4 Å². The number of benzene rings is 3. The van der Waals surface area contributed by atoms with Gasteiger partial charge in [0.15, 0.2) is 5.16 Å². The van der Waals surface area contributed by atoms with Gasteiger partial charge in [-0.25, -0.2) is 10.4 Å². The number of nitrogens with zero attached hydrogens (tertiary/aromatic N) is 3. The molecule has 4 rings (SSSR count). The molecule has 1 heterocycles. The summed E-state index contributed by atoms with van der Waals surface area (Å²) >= 11 is 1.16. The maximum atomic E-state index is 13.4. The molecule has 0 spiro atoms. The second-order valence-electron chi connectivity index (χ2n) is 7.53. The molecule has 1 amide bonds. The van der Waals surface area contributed by atoms with Gasteiger partial charge in [0.25, 0.3) is 11.5 Å². The van der Waals surface area contributed by atoms with E-state index in [0.717, 1.165) is 17.3 Å². The zero-order valence-electron chi connectivity index (χ0n) is 20.0. The predicted molar refractivity (Wildman–Crippen MR) is 143 cm³/mol. The van der Waals surface area contributed by atoms with E-state index in [0.29, 0.717) is 46.5 Å². The van der Waals surface area contributed by atoms with Crippen LogP contribution in [0.5, 0.6) is 11.5 Å². The van der Waals surface area contributed by atoms with E-state index in [9.17, 15) is 9.59 Å². The minimum atomic E-state index is -0.328. The first-order valence-corrected chi connectivity index (χ1v) is 12.5. The summed E-state index contributed by atoms with van der Waals surface area (Å²) in [5.41, 5.74) is 4.28. The van der Waals surface area contributed by atoms with Gasteiger partial charge in [0.05, 0.1) is 41.8 Å². The van der Waals surface area contributed by atoms with Crippen molar-refractivity contribution >= 4 is 34.8 Å². The Kier molecular flexibility index (Phi) is 8.36. The lowest BCUT2D eigenvalue weighted by atomic mass is 10.2. The molecule has 0 aliphatic heterocycles. The number of thioether (sulfide) groups is 1. The van der Waals surface area contributed by atoms with E-state index >= 15 is 0 Å². The molecule has 0 radical (unpaired) electrons. The van der Waals surface area contributed by atoms with Crippen LogP contribution in [0.15, 0.2) is 87.8 Å². The number of para-hydroxylation sites is 2. The Hall–Kier alpha value is -4.11. The lowest BCUT2D eigenvalue weighted by Gasteiger charge is -2.13. The first-order chi connectivity index (χ1) is 17.6. The van der Waals surface area contributed by atoms with Crippen LogP contribution in [0, 0.1) is 0 Å². The van der Waals surface area contributed by atoms with Gasteiger partial charge < -0.3 is 9.47 Å². The molecule has 8 nitrogen and oxygen atoms in total. The van der Waals surface area contributed by atoms with E-state index in [4.69, 9.17) is 9.47 Å². The summed E-state index contributed by atoms with van der Waals surface area (Å²) in [4.78, 5) is 30.5. The van der Waals surface area contributed by atoms with Gasteiger partial charge in [-0.1, -0.05) is 36.0 Å². The topological polar surface area (TPSA) is 94.8 Å². The van der Waals surface area contributed by atoms with E-state index in [1.807, 2.05) is 44.2 Å². The highest BCUT2D eigenvalue weighted by Gasteiger charge is 2.15. The Morgan fingerprint density at radius 1 is 1.00 bits per heavy atom. The standard InChI is InChI=1S/C27H26N4O4S/c1-3-34-21-15-13-20(14-16-21)31-26(33)22-10-6-7-11-23(22)29-27(31)36-18-25(32)30-28-17-19-9-5-8-12-24(19)35-4-2/h5-17H,3-4,18H2,1-2H3,(H,30,32). The number of hydrazone groups is 1. The number of nitrogens with one attached hydrogen (secondary N) is 1. The van der Waals surface area contributed by atoms with E-state index < -0.39 is 0 Å². The Labute approximate surface area is 213 Å². The van der Waals surface area contributed by atoms with Gasteiger partial charge in [0.1, 0.15) is 11.5 Å². The van der Waals surface area contributed by atoms with Crippen molar-refractivity contribution in [2.45, 2.75) is 19.0 Å². The summed E-state index contributed by atoms with van der Waals surface area (Å²) in [5, 5.41) is 4.96. The van der Waals surface area contributed by atoms with Crippen molar-refractivity contribution in [3.8, 4) is 17.2 Å². The van der Waals surface area contributed by atoms with Crippen LogP contribution in [-0.2, 0) is 4.79 Å². The van der Waals surface area contributed by atoms with Crippen molar-refractivity contribution in [3.63, 3.8) is 0 Å². The first kappa shape index (κ1) is 25.0. The highest BCUT2D eigenvalue weighted by Crippen LogP contribution is 2.23. The third kappa shape index (κ3) is 5.92. The molecule has 1 aromatic heterocycles. The lowest BCUT2D eigenvalue weighted by molar-refractivity contribution is -0.118. The molecule has 0 saturated carbocycles. The number of fused-ring (bicyclic) bond motifs is 1. The SMILES string of the molecule is CCOc1ccc(-n2c(SCC(=O)NN=Cc3ccccc3OCC)nc3ccccc3c2=O)cc1. The highest BCUT2D eigenvalue weighted by molar-refractivity contribution is 7.99. The molecule has 0 aliphatic carbocycles. The van der Waals surface area contributed by atoms with Crippen LogP contribution in [0.1, 0.15) is 19.4 Å². The van der Waals surface area contributed by atoms with E-state index in [2.05, 4.69) is 15.5 Å². The van der Waals surface area contributed by atoms with E-state index in [1.54, 1.807) is 42.5 Å². The Bertz CT molecular complexity index is 1430. The molecule has 0 fully saturated rings. The van der Waals surface area contributed by atoms with E-state index in [-0.39, 0.29) is 17.2 Å². The third-order valence-corrected chi connectivity index (χ3v) is 6.03. The van der Waals surface area contributed by atoms with Crippen LogP contribution in [0.3, 0.4) is 0 Å². The zero-order chi connectivity index (χ0) is 25.3. The summed E-state index contributed by atoms with van der Waals surface area (Å²) in [5.74, 6) is 1.09. The van der Waals surface area contributed by atoms with E-state index in [1.165, 1.54) is 10.8 Å². The minimum absolute atomic E-state index is 0.0201. The molecule has 0 saturated heterocycles. The normalized spacial score (nSPS) is 11.1. The highest BCUT2D eigenvalue weighted by atomic mass is 32.2. The summed E-state index contributed by atoms with van der Waals surface area (Å²) in [6, 6.07) is 21.8. The molecule has 1 N–H and O–H groups in total. The molecule has 0 bridgehead atoms. The summed E-state index contributed by atoms with van der Waals surface area (Å²) in [6.45, 7) is 4.89. The van der Waals surface area contributed by atoms with Crippen LogP contribution in [0.25, 0.3) is 16.6 Å². The molecule has 9 heteroatoms. The van der Waals surface area contributed by atoms with Crippen molar-refractivity contribution < 1.29 is 14.3 Å². The number of carbonyl (C=O) groups excluding carboxylic acids is 1. The molecule has 0 atom stereocenters. The molecule has 4 aromatic rings. The molecular formula is C27H26N4O4S. The molecular weight excluding hydrogens is 476 g/mol. The summed E-state index contributed by atoms with van der Waals surface area (Å²) in [7, 11) is 0. The fourth-order valence-corrected chi connectivity index (χ4v) is 4.31. The second-order valence-corrected chi connectivity index (χ2v) is 8.47. The zero-order valence-corrected chi connectivity index (χ0v) is 20.8. The van der Waals surface area contributed by atoms with Crippen molar-refractivity contribution in [2.75, 3.05) is 19.0 Å². The molecule has 184 valence electrons. The van der Waals surface area contributed by atoms with Crippen molar-refractivity contribution in [1.29, 1.82) is 0 Å². The van der Waals surface area contributed by atoms with Gasteiger partial charge >= 0.3 is 0 Å². The van der Waals surface area contributed by atoms with Gasteiger partial charge in [-0.2, -0.15) is 5.10 Å². The first-order valence-electron chi connectivity index (χ1n) is 11.5.